The van der Waals surface area contributed by atoms with Crippen LogP contribution in [-0.2, 0) is 17.8 Å². The molecule has 0 saturated carbocycles. The first-order valence-electron chi connectivity index (χ1n) is 12.2. The first-order chi connectivity index (χ1) is 17.2. The Morgan fingerprint density at radius 2 is 2.06 bits per heavy atom. The molecule has 1 saturated heterocycles. The largest absolute Gasteiger partial charge is 0.491 e. The average Bonchev–Trinajstić information content (AvgIpc) is 3.63. The number of piperidine rings is 1. The minimum absolute atomic E-state index is 0.0294. The number of nitrogens with zero attached hydrogens (tertiary/aromatic N) is 7. The Morgan fingerprint density at radius 1 is 1.17 bits per heavy atom. The Morgan fingerprint density at radius 3 is 2.91 bits per heavy atom. The van der Waals surface area contributed by atoms with E-state index in [2.05, 4.69) is 54.0 Å². The fourth-order valence-corrected chi connectivity index (χ4v) is 4.95. The number of aromatic nitrogens is 7. The van der Waals surface area contributed by atoms with Gasteiger partial charge < -0.3 is 19.4 Å². The van der Waals surface area contributed by atoms with Crippen LogP contribution in [0.25, 0.3) is 34.2 Å². The molecule has 35 heavy (non-hydrogen) atoms. The van der Waals surface area contributed by atoms with Crippen molar-refractivity contribution >= 4 is 0 Å². The number of imidazole rings is 1. The zero-order valence-corrected chi connectivity index (χ0v) is 20.1. The lowest BCUT2D eigenvalue weighted by molar-refractivity contribution is 0.100. The van der Waals surface area contributed by atoms with Gasteiger partial charge >= 0.3 is 0 Å². The number of fused-ring (bicyclic) bond motifs is 3. The summed E-state index contributed by atoms with van der Waals surface area (Å²) < 4.78 is 17.7. The molecular formula is C25H30N8O2. The molecule has 1 aromatic carbocycles. The van der Waals surface area contributed by atoms with Gasteiger partial charge in [-0.1, -0.05) is 6.07 Å². The normalized spacial score (nSPS) is 16.9. The van der Waals surface area contributed by atoms with Gasteiger partial charge in [0.2, 0.25) is 0 Å². The Kier molecular flexibility index (Phi) is 5.83. The molecule has 1 fully saturated rings. The predicted octanol–water partition coefficient (Wildman–Crippen LogP) is 3.02. The first-order valence-corrected chi connectivity index (χ1v) is 12.2. The molecule has 10 heteroatoms. The second-order valence-corrected chi connectivity index (χ2v) is 9.16. The van der Waals surface area contributed by atoms with Crippen molar-refractivity contribution in [3.05, 3.63) is 43.0 Å². The van der Waals surface area contributed by atoms with Crippen molar-refractivity contribution in [2.45, 2.75) is 45.0 Å². The van der Waals surface area contributed by atoms with Crippen molar-refractivity contribution in [3.63, 3.8) is 0 Å². The summed E-state index contributed by atoms with van der Waals surface area (Å²) in [7, 11) is 1.70. The lowest BCUT2D eigenvalue weighted by atomic mass is 10.0. The van der Waals surface area contributed by atoms with E-state index < -0.39 is 0 Å². The molecule has 1 unspecified atom stereocenters. The lowest BCUT2D eigenvalue weighted by Crippen LogP contribution is -2.30. The van der Waals surface area contributed by atoms with E-state index in [9.17, 15) is 0 Å². The Hall–Kier alpha value is -3.50. The van der Waals surface area contributed by atoms with Crippen LogP contribution in [-0.4, -0.2) is 67.0 Å². The van der Waals surface area contributed by atoms with Crippen LogP contribution in [0.4, 0.5) is 0 Å². The molecule has 0 amide bonds. The highest BCUT2D eigenvalue weighted by Gasteiger charge is 2.24. The van der Waals surface area contributed by atoms with Gasteiger partial charge in [-0.2, -0.15) is 10.2 Å². The molecule has 182 valence electrons. The molecule has 0 spiro atoms. The van der Waals surface area contributed by atoms with Gasteiger partial charge in [0, 0.05) is 25.1 Å². The number of methoxy groups -OCH3 is 1. The molecule has 0 aliphatic carbocycles. The number of rotatable bonds is 6. The van der Waals surface area contributed by atoms with Crippen LogP contribution in [0.5, 0.6) is 5.75 Å². The molecule has 5 heterocycles. The van der Waals surface area contributed by atoms with Crippen LogP contribution in [0.15, 0.2) is 43.0 Å². The summed E-state index contributed by atoms with van der Waals surface area (Å²) in [6.45, 7) is 5.96. The van der Waals surface area contributed by atoms with Crippen molar-refractivity contribution < 1.29 is 9.47 Å². The molecule has 0 bridgehead atoms. The van der Waals surface area contributed by atoms with Gasteiger partial charge in [-0.15, -0.1) is 0 Å². The molecule has 6 rings (SSSR count). The monoisotopic (exact) mass is 474 g/mol. The highest BCUT2D eigenvalue weighted by molar-refractivity contribution is 5.74. The molecular weight excluding hydrogens is 444 g/mol. The smallest absolute Gasteiger partial charge is 0.178 e. The third-order valence-corrected chi connectivity index (χ3v) is 6.89. The fourth-order valence-electron chi connectivity index (χ4n) is 4.95. The number of ether oxygens (including phenoxy) is 2. The quantitative estimate of drug-likeness (QED) is 0.459. The number of nitrogens with one attached hydrogen (secondary N) is 1. The summed E-state index contributed by atoms with van der Waals surface area (Å²) in [5.41, 5.74) is 3.99. The Labute approximate surface area is 203 Å². The summed E-state index contributed by atoms with van der Waals surface area (Å²) in [5.74, 6) is 2.45. The summed E-state index contributed by atoms with van der Waals surface area (Å²) in [6.07, 6.45) is 7.70. The van der Waals surface area contributed by atoms with Gasteiger partial charge in [0.25, 0.3) is 0 Å². The molecule has 10 nitrogen and oxygen atoms in total. The van der Waals surface area contributed by atoms with Crippen LogP contribution in [0.3, 0.4) is 0 Å². The van der Waals surface area contributed by atoms with E-state index >= 15 is 0 Å². The summed E-state index contributed by atoms with van der Waals surface area (Å²) >= 11 is 0. The van der Waals surface area contributed by atoms with Crippen molar-refractivity contribution in [3.8, 4) is 39.9 Å². The maximum atomic E-state index is 6.18. The minimum atomic E-state index is 0.0294. The Bertz CT molecular complexity index is 1320. The van der Waals surface area contributed by atoms with Crippen molar-refractivity contribution in [1.82, 2.24) is 39.4 Å². The number of benzene rings is 1. The van der Waals surface area contributed by atoms with E-state index in [0.29, 0.717) is 25.7 Å². The zero-order chi connectivity index (χ0) is 23.8. The SMILES string of the molecule is COC(C)Cn1ncnc1-c1cn2c(n1)-c1ccc(-c3ccnn3C3CCNCC3)cc1OCC2. The lowest BCUT2D eigenvalue weighted by Gasteiger charge is -2.25. The first kappa shape index (κ1) is 22.0. The van der Waals surface area contributed by atoms with Gasteiger partial charge in [-0.25, -0.2) is 14.6 Å². The molecule has 2 aliphatic rings. The molecule has 2 aliphatic heterocycles. The van der Waals surface area contributed by atoms with Crippen LogP contribution >= 0.6 is 0 Å². The van der Waals surface area contributed by atoms with E-state index in [0.717, 1.165) is 65.8 Å². The van der Waals surface area contributed by atoms with Gasteiger partial charge in [0.1, 0.15) is 30.2 Å². The minimum Gasteiger partial charge on any atom is -0.491 e. The maximum absolute atomic E-state index is 6.18. The zero-order valence-electron chi connectivity index (χ0n) is 20.1. The topological polar surface area (TPSA) is 96.8 Å². The molecule has 4 aromatic rings. The van der Waals surface area contributed by atoms with Gasteiger partial charge in [-0.3, -0.25) is 4.68 Å². The van der Waals surface area contributed by atoms with E-state index in [1.165, 1.54) is 0 Å². The average molecular weight is 475 g/mol. The van der Waals surface area contributed by atoms with Crippen molar-refractivity contribution in [2.75, 3.05) is 26.8 Å². The highest BCUT2D eigenvalue weighted by atomic mass is 16.5. The van der Waals surface area contributed by atoms with Crippen LogP contribution in [0.2, 0.25) is 0 Å². The molecule has 1 atom stereocenters. The molecule has 3 aromatic heterocycles. The van der Waals surface area contributed by atoms with Crippen LogP contribution < -0.4 is 10.1 Å². The second-order valence-electron chi connectivity index (χ2n) is 9.16. The van der Waals surface area contributed by atoms with Gasteiger partial charge in [0.05, 0.1) is 36.5 Å². The van der Waals surface area contributed by atoms with E-state index in [4.69, 9.17) is 14.5 Å². The van der Waals surface area contributed by atoms with Crippen molar-refractivity contribution in [1.29, 1.82) is 0 Å². The number of hydrogen-bond donors (Lipinski definition) is 1. The van der Waals surface area contributed by atoms with Gasteiger partial charge in [0.15, 0.2) is 5.82 Å². The van der Waals surface area contributed by atoms with E-state index in [-0.39, 0.29) is 6.10 Å². The third kappa shape index (κ3) is 4.12. The highest BCUT2D eigenvalue weighted by Crippen LogP contribution is 2.37. The molecule has 1 N–H and O–H groups in total. The summed E-state index contributed by atoms with van der Waals surface area (Å²) in [5, 5.41) is 12.5. The number of hydrogen-bond acceptors (Lipinski definition) is 7. The summed E-state index contributed by atoms with van der Waals surface area (Å²) in [4.78, 5) is 9.44. The third-order valence-electron chi connectivity index (χ3n) is 6.89. The van der Waals surface area contributed by atoms with Gasteiger partial charge in [-0.05, 0) is 51.1 Å². The van der Waals surface area contributed by atoms with Crippen LogP contribution in [0.1, 0.15) is 25.8 Å². The fraction of sp³-hybridized carbons (Fsp3) is 0.440. The predicted molar refractivity (Wildman–Crippen MR) is 131 cm³/mol. The maximum Gasteiger partial charge on any atom is 0.178 e. The van der Waals surface area contributed by atoms with E-state index in [1.54, 1.807) is 13.4 Å². The van der Waals surface area contributed by atoms with Crippen LogP contribution in [0, 0.1) is 0 Å². The second kappa shape index (κ2) is 9.27. The standard InChI is InChI=1S/C25H30N8O2/c1-17(34-2)14-32-25(27-16-29-32)21-15-31-11-12-35-23-13-18(3-4-20(23)24(31)30-21)22-7-10-28-33(22)19-5-8-26-9-6-19/h3-4,7,10,13,15-17,19,26H,5-6,8-9,11-12,14H2,1-2H3. The van der Waals surface area contributed by atoms with E-state index in [1.807, 2.05) is 24.0 Å². The summed E-state index contributed by atoms with van der Waals surface area (Å²) in [6, 6.07) is 8.88. The molecule has 0 radical (unpaired) electrons. The Balaban J connectivity index is 1.34. The van der Waals surface area contributed by atoms with Crippen molar-refractivity contribution in [2.24, 2.45) is 0 Å².